The predicted molar refractivity (Wildman–Crippen MR) is 91.7 cm³/mol. The van der Waals surface area contributed by atoms with Crippen molar-refractivity contribution >= 4 is 27.3 Å². The number of benzene rings is 2. The van der Waals surface area contributed by atoms with Crippen LogP contribution in [-0.4, -0.2) is 14.1 Å². The number of aryl methyl sites for hydroxylation is 1. The van der Waals surface area contributed by atoms with Crippen LogP contribution in [0.25, 0.3) is 0 Å². The van der Waals surface area contributed by atoms with Crippen LogP contribution in [0.3, 0.4) is 0 Å². The highest BCUT2D eigenvalue weighted by molar-refractivity contribution is 9.10. The molecule has 0 amide bonds. The van der Waals surface area contributed by atoms with Crippen LogP contribution in [0.5, 0.6) is 0 Å². The third kappa shape index (κ3) is 3.34. The van der Waals surface area contributed by atoms with Crippen molar-refractivity contribution in [3.05, 3.63) is 58.1 Å². The molecule has 0 aliphatic heterocycles. The van der Waals surface area contributed by atoms with E-state index in [1.807, 2.05) is 6.07 Å². The van der Waals surface area contributed by atoms with Crippen LogP contribution in [0.15, 0.2) is 46.9 Å². The van der Waals surface area contributed by atoms with Gasteiger partial charge in [-0.3, -0.25) is 0 Å². The summed E-state index contributed by atoms with van der Waals surface area (Å²) in [6.45, 7) is 4.32. The monoisotopic (exact) mass is 332 g/mol. The summed E-state index contributed by atoms with van der Waals surface area (Å²) in [6.07, 6.45) is 0. The number of anilines is 2. The van der Waals surface area contributed by atoms with E-state index < -0.39 is 0 Å². The van der Waals surface area contributed by atoms with Gasteiger partial charge in [0.15, 0.2) is 0 Å². The number of rotatable bonds is 4. The molecule has 106 valence electrons. The van der Waals surface area contributed by atoms with Crippen molar-refractivity contribution in [2.45, 2.75) is 19.9 Å². The lowest BCUT2D eigenvalue weighted by atomic mass is 10.1. The Morgan fingerprint density at radius 3 is 2.40 bits per heavy atom. The van der Waals surface area contributed by atoms with E-state index in [-0.39, 0.29) is 6.04 Å². The molecule has 0 spiro atoms. The second-order valence-corrected chi connectivity index (χ2v) is 6.14. The Balaban J connectivity index is 2.20. The van der Waals surface area contributed by atoms with E-state index >= 15 is 0 Å². The number of hydrogen-bond donors (Lipinski definition) is 1. The van der Waals surface area contributed by atoms with Crippen molar-refractivity contribution in [2.75, 3.05) is 24.3 Å². The minimum Gasteiger partial charge on any atom is -0.378 e. The first-order valence-electron chi connectivity index (χ1n) is 6.78. The molecule has 0 saturated carbocycles. The van der Waals surface area contributed by atoms with Crippen molar-refractivity contribution in [3.63, 3.8) is 0 Å². The Morgan fingerprint density at radius 1 is 1.10 bits per heavy atom. The molecule has 2 aromatic rings. The summed E-state index contributed by atoms with van der Waals surface area (Å²) in [5.74, 6) is 0. The van der Waals surface area contributed by atoms with Gasteiger partial charge in [0.1, 0.15) is 0 Å². The van der Waals surface area contributed by atoms with E-state index in [0.717, 1.165) is 4.47 Å². The van der Waals surface area contributed by atoms with Crippen LogP contribution in [0.2, 0.25) is 0 Å². The Hall–Kier alpha value is -1.48. The zero-order valence-corrected chi connectivity index (χ0v) is 14.0. The summed E-state index contributed by atoms with van der Waals surface area (Å²) in [4.78, 5) is 2.12. The Morgan fingerprint density at radius 2 is 1.80 bits per heavy atom. The molecule has 0 aliphatic carbocycles. The van der Waals surface area contributed by atoms with Crippen molar-refractivity contribution in [2.24, 2.45) is 0 Å². The third-order valence-corrected chi connectivity index (χ3v) is 4.19. The average molecular weight is 333 g/mol. The Bertz CT molecular complexity index is 593. The molecule has 1 N–H and O–H groups in total. The summed E-state index contributed by atoms with van der Waals surface area (Å²) in [5.41, 5.74) is 4.93. The van der Waals surface area contributed by atoms with E-state index in [1.54, 1.807) is 0 Å². The van der Waals surface area contributed by atoms with Gasteiger partial charge in [0, 0.05) is 36.0 Å². The molecule has 0 aliphatic rings. The fourth-order valence-corrected chi connectivity index (χ4v) is 2.85. The summed E-state index contributed by atoms with van der Waals surface area (Å²) >= 11 is 3.61. The fourth-order valence-electron chi connectivity index (χ4n) is 2.23. The van der Waals surface area contributed by atoms with E-state index in [1.165, 1.54) is 22.5 Å². The summed E-state index contributed by atoms with van der Waals surface area (Å²) in [7, 11) is 4.12. The van der Waals surface area contributed by atoms with Gasteiger partial charge in [-0.15, -0.1) is 0 Å². The summed E-state index contributed by atoms with van der Waals surface area (Å²) in [6, 6.07) is 15.1. The largest absolute Gasteiger partial charge is 0.378 e. The number of halogens is 1. The predicted octanol–water partition coefficient (Wildman–Crippen LogP) is 5.00. The Labute approximate surface area is 129 Å². The Kier molecular flexibility index (Phi) is 4.71. The van der Waals surface area contributed by atoms with Crippen molar-refractivity contribution in [1.82, 2.24) is 0 Å². The van der Waals surface area contributed by atoms with Gasteiger partial charge in [-0.2, -0.15) is 0 Å². The molecule has 20 heavy (non-hydrogen) atoms. The van der Waals surface area contributed by atoms with Crippen LogP contribution in [-0.2, 0) is 0 Å². The first kappa shape index (κ1) is 14.9. The lowest BCUT2D eigenvalue weighted by molar-refractivity contribution is 0.876. The molecule has 1 atom stereocenters. The molecular weight excluding hydrogens is 312 g/mol. The third-order valence-electron chi connectivity index (χ3n) is 3.47. The summed E-state index contributed by atoms with van der Waals surface area (Å²) in [5, 5.41) is 3.58. The minimum absolute atomic E-state index is 0.259. The van der Waals surface area contributed by atoms with E-state index in [0.29, 0.717) is 0 Å². The molecule has 0 aromatic heterocycles. The maximum Gasteiger partial charge on any atom is 0.0496 e. The van der Waals surface area contributed by atoms with Gasteiger partial charge >= 0.3 is 0 Å². The maximum absolute atomic E-state index is 3.61. The minimum atomic E-state index is 0.259. The molecule has 0 radical (unpaired) electrons. The molecule has 0 bridgehead atoms. The highest BCUT2D eigenvalue weighted by atomic mass is 79.9. The fraction of sp³-hybridized carbons (Fsp3) is 0.294. The molecule has 0 saturated heterocycles. The van der Waals surface area contributed by atoms with Gasteiger partial charge in [-0.25, -0.2) is 0 Å². The second-order valence-electron chi connectivity index (χ2n) is 5.28. The molecule has 0 heterocycles. The van der Waals surface area contributed by atoms with Gasteiger partial charge < -0.3 is 10.2 Å². The topological polar surface area (TPSA) is 15.3 Å². The van der Waals surface area contributed by atoms with Crippen LogP contribution in [0, 0.1) is 6.92 Å². The van der Waals surface area contributed by atoms with Crippen LogP contribution < -0.4 is 10.2 Å². The SMILES string of the molecule is Cc1cc(N(C)C)ccc1NC(C)c1ccccc1Br. The van der Waals surface area contributed by atoms with Crippen molar-refractivity contribution in [1.29, 1.82) is 0 Å². The first-order valence-corrected chi connectivity index (χ1v) is 7.57. The normalized spacial score (nSPS) is 12.1. The zero-order chi connectivity index (χ0) is 14.7. The van der Waals surface area contributed by atoms with E-state index in [9.17, 15) is 0 Å². The molecule has 2 rings (SSSR count). The van der Waals surface area contributed by atoms with Gasteiger partial charge in [0.25, 0.3) is 0 Å². The zero-order valence-electron chi connectivity index (χ0n) is 12.4. The highest BCUT2D eigenvalue weighted by Gasteiger charge is 2.10. The molecule has 2 nitrogen and oxygen atoms in total. The standard InChI is InChI=1S/C17H21BrN2/c1-12-11-14(20(3)4)9-10-17(12)19-13(2)15-7-5-6-8-16(15)18/h5-11,13,19H,1-4H3. The molecular formula is C17H21BrN2. The van der Waals surface area contributed by atoms with Crippen molar-refractivity contribution < 1.29 is 0 Å². The van der Waals surface area contributed by atoms with E-state index in [2.05, 4.69) is 90.5 Å². The van der Waals surface area contributed by atoms with Gasteiger partial charge in [-0.1, -0.05) is 34.1 Å². The van der Waals surface area contributed by atoms with E-state index in [4.69, 9.17) is 0 Å². The quantitative estimate of drug-likeness (QED) is 0.847. The highest BCUT2D eigenvalue weighted by Crippen LogP contribution is 2.28. The van der Waals surface area contributed by atoms with Crippen LogP contribution in [0.4, 0.5) is 11.4 Å². The molecule has 2 aromatic carbocycles. The van der Waals surface area contributed by atoms with Crippen LogP contribution >= 0.6 is 15.9 Å². The van der Waals surface area contributed by atoms with Gasteiger partial charge in [0.2, 0.25) is 0 Å². The average Bonchev–Trinajstić information content (AvgIpc) is 2.41. The van der Waals surface area contributed by atoms with Crippen LogP contribution in [0.1, 0.15) is 24.1 Å². The van der Waals surface area contributed by atoms with Gasteiger partial charge in [-0.05, 0) is 49.2 Å². The first-order chi connectivity index (χ1) is 9.49. The second kappa shape index (κ2) is 6.31. The van der Waals surface area contributed by atoms with Crippen molar-refractivity contribution in [3.8, 4) is 0 Å². The van der Waals surface area contributed by atoms with Gasteiger partial charge in [0.05, 0.1) is 0 Å². The number of nitrogens with zero attached hydrogens (tertiary/aromatic N) is 1. The molecule has 3 heteroatoms. The molecule has 0 fully saturated rings. The lowest BCUT2D eigenvalue weighted by Gasteiger charge is -2.20. The lowest BCUT2D eigenvalue weighted by Crippen LogP contribution is -2.11. The molecule has 1 unspecified atom stereocenters. The number of hydrogen-bond acceptors (Lipinski definition) is 2. The number of nitrogens with one attached hydrogen (secondary N) is 1. The summed E-state index contributed by atoms with van der Waals surface area (Å²) < 4.78 is 1.14. The maximum atomic E-state index is 3.61. The smallest absolute Gasteiger partial charge is 0.0496 e.